The fourth-order valence-corrected chi connectivity index (χ4v) is 1.84. The van der Waals surface area contributed by atoms with Crippen molar-refractivity contribution >= 4 is 24.1 Å². The molecule has 0 aliphatic carbocycles. The number of amides is 2. The average Bonchev–Trinajstić information content (AvgIpc) is 2.47. The van der Waals surface area contributed by atoms with Crippen LogP contribution in [0.4, 0.5) is 10.5 Å². The summed E-state index contributed by atoms with van der Waals surface area (Å²) >= 11 is 0. The van der Waals surface area contributed by atoms with Gasteiger partial charge in [-0.15, -0.1) is 0 Å². The highest BCUT2D eigenvalue weighted by Crippen LogP contribution is 2.17. The van der Waals surface area contributed by atoms with Gasteiger partial charge >= 0.3 is 6.03 Å². The van der Waals surface area contributed by atoms with E-state index in [-0.39, 0.29) is 6.03 Å². The summed E-state index contributed by atoms with van der Waals surface area (Å²) in [6, 6.07) is 7.14. The molecule has 1 aliphatic rings. The first-order valence-electron chi connectivity index (χ1n) is 6.08. The topological polar surface area (TPSA) is 58.6 Å². The molecule has 1 radical (unpaired) electrons. The summed E-state index contributed by atoms with van der Waals surface area (Å²) < 4.78 is 5.20. The number of hydrogen-bond donors (Lipinski definition) is 1. The average molecular weight is 259 g/mol. The van der Waals surface area contributed by atoms with Crippen LogP contribution in [-0.4, -0.2) is 43.5 Å². The number of hydrogen-bond acceptors (Lipinski definition) is 3. The number of carbonyl (C=O) groups excluding carboxylic acids is 2. The van der Waals surface area contributed by atoms with Crippen molar-refractivity contribution in [1.29, 1.82) is 0 Å². The molecule has 19 heavy (non-hydrogen) atoms. The summed E-state index contributed by atoms with van der Waals surface area (Å²) in [6.07, 6.45) is 4.58. The van der Waals surface area contributed by atoms with Crippen molar-refractivity contribution in [2.45, 2.75) is 0 Å². The number of benzene rings is 1. The van der Waals surface area contributed by atoms with Crippen molar-refractivity contribution in [2.24, 2.45) is 0 Å². The minimum atomic E-state index is -0.153. The van der Waals surface area contributed by atoms with Gasteiger partial charge in [0.1, 0.15) is 0 Å². The standard InChI is InChI=1S/C14H15N2O3/c17-9-3-5-12-4-1-2-6-13(12)15-14(18)16-7-10-19-11-8-16/h1-6H,7-8,10-11H2,(H,15,18)/b5-3+. The zero-order chi connectivity index (χ0) is 13.5. The third-order valence-corrected chi connectivity index (χ3v) is 2.83. The number of rotatable bonds is 3. The lowest BCUT2D eigenvalue weighted by molar-refractivity contribution is 0.0564. The third-order valence-electron chi connectivity index (χ3n) is 2.83. The predicted octanol–water partition coefficient (Wildman–Crippen LogP) is 1.67. The van der Waals surface area contributed by atoms with Gasteiger partial charge in [0.05, 0.1) is 13.2 Å². The molecule has 1 aromatic carbocycles. The molecule has 0 atom stereocenters. The minimum absolute atomic E-state index is 0.153. The zero-order valence-electron chi connectivity index (χ0n) is 10.5. The second kappa shape index (κ2) is 6.70. The van der Waals surface area contributed by atoms with Gasteiger partial charge < -0.3 is 15.0 Å². The van der Waals surface area contributed by atoms with E-state index in [2.05, 4.69) is 5.32 Å². The van der Waals surface area contributed by atoms with Gasteiger partial charge in [-0.25, -0.2) is 4.79 Å². The molecular weight excluding hydrogens is 244 g/mol. The second-order valence-electron chi connectivity index (χ2n) is 4.07. The number of nitrogens with zero attached hydrogens (tertiary/aromatic N) is 1. The van der Waals surface area contributed by atoms with E-state index in [4.69, 9.17) is 4.74 Å². The molecule has 0 aromatic heterocycles. The van der Waals surface area contributed by atoms with Crippen molar-refractivity contribution in [3.63, 3.8) is 0 Å². The van der Waals surface area contributed by atoms with E-state index >= 15 is 0 Å². The van der Waals surface area contributed by atoms with Crippen molar-refractivity contribution in [2.75, 3.05) is 31.6 Å². The first-order chi connectivity index (χ1) is 9.31. The van der Waals surface area contributed by atoms with Crippen LogP contribution in [0.3, 0.4) is 0 Å². The first-order valence-corrected chi connectivity index (χ1v) is 6.08. The number of nitrogens with one attached hydrogen (secondary N) is 1. The summed E-state index contributed by atoms with van der Waals surface area (Å²) in [5, 5.41) is 2.84. The molecule has 0 spiro atoms. The number of carbonyl (C=O) groups is 1. The van der Waals surface area contributed by atoms with E-state index < -0.39 is 0 Å². The van der Waals surface area contributed by atoms with Gasteiger partial charge in [-0.05, 0) is 23.8 Å². The molecule has 99 valence electrons. The Morgan fingerprint density at radius 2 is 2.05 bits per heavy atom. The van der Waals surface area contributed by atoms with Crippen LogP contribution >= 0.6 is 0 Å². The van der Waals surface area contributed by atoms with Crippen molar-refractivity contribution in [1.82, 2.24) is 4.90 Å². The minimum Gasteiger partial charge on any atom is -0.378 e. The van der Waals surface area contributed by atoms with Crippen LogP contribution in [0.25, 0.3) is 6.08 Å². The zero-order valence-corrected chi connectivity index (χ0v) is 10.5. The number of morpholine rings is 1. The van der Waals surface area contributed by atoms with Gasteiger partial charge in [0, 0.05) is 18.8 Å². The van der Waals surface area contributed by atoms with Gasteiger partial charge in [0.25, 0.3) is 0 Å². The second-order valence-corrected chi connectivity index (χ2v) is 4.07. The van der Waals surface area contributed by atoms with E-state index in [1.54, 1.807) is 23.3 Å². The van der Waals surface area contributed by atoms with E-state index in [9.17, 15) is 9.59 Å². The largest absolute Gasteiger partial charge is 0.378 e. The molecule has 1 N–H and O–H groups in total. The summed E-state index contributed by atoms with van der Waals surface area (Å²) in [7, 11) is 0. The molecular formula is C14H15N2O3. The van der Waals surface area contributed by atoms with Crippen molar-refractivity contribution in [3.8, 4) is 0 Å². The van der Waals surface area contributed by atoms with Gasteiger partial charge in [-0.3, -0.25) is 4.79 Å². The molecule has 0 bridgehead atoms. The normalized spacial score (nSPS) is 15.5. The fourth-order valence-electron chi connectivity index (χ4n) is 1.84. The fraction of sp³-hybridized carbons (Fsp3) is 0.286. The van der Waals surface area contributed by atoms with E-state index in [1.807, 2.05) is 18.2 Å². The monoisotopic (exact) mass is 259 g/mol. The number of urea groups is 1. The number of anilines is 1. The van der Waals surface area contributed by atoms with Crippen LogP contribution < -0.4 is 5.32 Å². The molecule has 1 fully saturated rings. The van der Waals surface area contributed by atoms with Crippen LogP contribution in [0.2, 0.25) is 0 Å². The van der Waals surface area contributed by atoms with Crippen molar-refractivity contribution in [3.05, 3.63) is 35.9 Å². The van der Waals surface area contributed by atoms with Crippen LogP contribution in [0, 0.1) is 0 Å². The molecule has 0 saturated carbocycles. The third kappa shape index (κ3) is 3.66. The summed E-state index contributed by atoms with van der Waals surface area (Å²) in [5.74, 6) is 0. The lowest BCUT2D eigenvalue weighted by Gasteiger charge is -2.27. The summed E-state index contributed by atoms with van der Waals surface area (Å²) in [4.78, 5) is 24.0. The maximum atomic E-state index is 12.1. The van der Waals surface area contributed by atoms with E-state index in [0.29, 0.717) is 32.0 Å². The Morgan fingerprint density at radius 1 is 1.32 bits per heavy atom. The number of para-hydroxylation sites is 1. The van der Waals surface area contributed by atoms with Gasteiger partial charge in [0.15, 0.2) is 0 Å². The smallest absolute Gasteiger partial charge is 0.322 e. The molecule has 1 heterocycles. The quantitative estimate of drug-likeness (QED) is 0.840. The Hall–Kier alpha value is -2.14. The lowest BCUT2D eigenvalue weighted by Crippen LogP contribution is -2.43. The molecule has 2 rings (SSSR count). The predicted molar refractivity (Wildman–Crippen MR) is 72.6 cm³/mol. The van der Waals surface area contributed by atoms with Crippen molar-refractivity contribution < 1.29 is 14.3 Å². The number of ether oxygens (including phenoxy) is 1. The first kappa shape index (κ1) is 13.3. The van der Waals surface area contributed by atoms with Crippen LogP contribution in [-0.2, 0) is 9.53 Å². The highest BCUT2D eigenvalue weighted by molar-refractivity contribution is 5.92. The Kier molecular flexibility index (Phi) is 4.69. The Bertz CT molecular complexity index is 479. The van der Waals surface area contributed by atoms with E-state index in [1.165, 1.54) is 6.08 Å². The molecule has 1 aromatic rings. The maximum Gasteiger partial charge on any atom is 0.322 e. The van der Waals surface area contributed by atoms with Gasteiger partial charge in [-0.2, -0.15) is 0 Å². The van der Waals surface area contributed by atoms with E-state index in [0.717, 1.165) is 5.56 Å². The summed E-state index contributed by atoms with van der Waals surface area (Å²) in [6.45, 7) is 2.31. The molecule has 5 nitrogen and oxygen atoms in total. The Balaban J connectivity index is 2.07. The Labute approximate surface area is 111 Å². The van der Waals surface area contributed by atoms with Gasteiger partial charge in [0.2, 0.25) is 6.29 Å². The number of allylic oxidation sites excluding steroid dienone is 1. The molecule has 1 aliphatic heterocycles. The van der Waals surface area contributed by atoms with Crippen LogP contribution in [0.5, 0.6) is 0 Å². The molecule has 2 amide bonds. The Morgan fingerprint density at radius 3 is 2.79 bits per heavy atom. The van der Waals surface area contributed by atoms with Gasteiger partial charge in [-0.1, -0.05) is 18.2 Å². The lowest BCUT2D eigenvalue weighted by atomic mass is 10.1. The van der Waals surface area contributed by atoms with Crippen LogP contribution in [0.1, 0.15) is 5.56 Å². The molecule has 0 unspecified atom stereocenters. The SMILES string of the molecule is O=[C]/C=C/c1ccccc1NC(=O)N1CCOCC1. The highest BCUT2D eigenvalue weighted by Gasteiger charge is 2.17. The van der Waals surface area contributed by atoms with Crippen LogP contribution in [0.15, 0.2) is 30.3 Å². The maximum absolute atomic E-state index is 12.1. The summed E-state index contributed by atoms with van der Waals surface area (Å²) in [5.41, 5.74) is 1.44. The molecule has 5 heteroatoms. The molecule has 1 saturated heterocycles. The highest BCUT2D eigenvalue weighted by atomic mass is 16.5.